The number of hydrogen-bond acceptors (Lipinski definition) is 2. The maximum absolute atomic E-state index is 13.6. The van der Waals surface area contributed by atoms with Crippen LogP contribution in [0.15, 0.2) is 36.4 Å². The lowest BCUT2D eigenvalue weighted by Crippen LogP contribution is -2.11. The first-order valence-corrected chi connectivity index (χ1v) is 6.42. The zero-order valence-electron chi connectivity index (χ0n) is 10.2. The molecule has 0 unspecified atom stereocenters. The summed E-state index contributed by atoms with van der Waals surface area (Å²) in [6.07, 6.45) is 0. The summed E-state index contributed by atoms with van der Waals surface area (Å²) in [6, 6.07) is 8.09. The molecule has 6 heteroatoms. The first-order chi connectivity index (χ1) is 9.47. The second kappa shape index (κ2) is 6.15. The fraction of sp³-hybridized carbons (Fsp3) is 0.0714. The molecular weight excluding hydrogens is 304 g/mol. The van der Waals surface area contributed by atoms with E-state index >= 15 is 0 Å². The Morgan fingerprint density at radius 3 is 2.60 bits per heavy atom. The lowest BCUT2D eigenvalue weighted by atomic mass is 10.2. The highest BCUT2D eigenvalue weighted by atomic mass is 35.5. The third-order valence-corrected chi connectivity index (χ3v) is 3.20. The number of nitrogens with two attached hydrogens (primary N) is 1. The van der Waals surface area contributed by atoms with Gasteiger partial charge in [-0.1, -0.05) is 23.8 Å². The van der Waals surface area contributed by atoms with Crippen LogP contribution in [0, 0.1) is 11.6 Å². The van der Waals surface area contributed by atoms with Crippen molar-refractivity contribution >= 4 is 28.8 Å². The van der Waals surface area contributed by atoms with Gasteiger partial charge >= 0.3 is 0 Å². The predicted octanol–water partition coefficient (Wildman–Crippen LogP) is 3.83. The normalized spacial score (nSPS) is 10.3. The van der Waals surface area contributed by atoms with E-state index in [1.165, 1.54) is 36.4 Å². The van der Waals surface area contributed by atoms with Crippen LogP contribution in [-0.2, 0) is 6.61 Å². The zero-order chi connectivity index (χ0) is 14.7. The van der Waals surface area contributed by atoms with Crippen molar-refractivity contribution in [2.45, 2.75) is 6.61 Å². The van der Waals surface area contributed by atoms with Gasteiger partial charge < -0.3 is 10.5 Å². The van der Waals surface area contributed by atoms with E-state index in [0.717, 1.165) is 0 Å². The van der Waals surface area contributed by atoms with Crippen LogP contribution in [0.4, 0.5) is 8.78 Å². The molecule has 0 radical (unpaired) electrons. The number of thiocarbonyl (C=S) groups is 1. The first kappa shape index (κ1) is 14.7. The summed E-state index contributed by atoms with van der Waals surface area (Å²) in [7, 11) is 0. The van der Waals surface area contributed by atoms with E-state index in [4.69, 9.17) is 34.3 Å². The molecule has 0 atom stereocenters. The summed E-state index contributed by atoms with van der Waals surface area (Å²) in [5, 5.41) is 0.381. The van der Waals surface area contributed by atoms with Crippen LogP contribution in [0.25, 0.3) is 0 Å². The standard InChI is InChI=1S/C14H10ClF2NOS/c15-12-4-1-9(16)5-8(12)7-19-10-2-3-11(14(18)20)13(17)6-10/h1-6H,7H2,(H2,18,20). The average Bonchev–Trinajstić information content (AvgIpc) is 2.39. The number of halogens is 3. The van der Waals surface area contributed by atoms with Crippen LogP contribution in [-0.4, -0.2) is 4.99 Å². The molecule has 2 aromatic rings. The molecule has 2 N–H and O–H groups in total. The molecule has 0 saturated heterocycles. The van der Waals surface area contributed by atoms with E-state index in [1.54, 1.807) is 0 Å². The van der Waals surface area contributed by atoms with Crippen LogP contribution in [0.1, 0.15) is 11.1 Å². The quantitative estimate of drug-likeness (QED) is 0.871. The summed E-state index contributed by atoms with van der Waals surface area (Å²) in [4.78, 5) is -0.0257. The minimum atomic E-state index is -0.569. The van der Waals surface area contributed by atoms with Gasteiger partial charge in [0.05, 0.1) is 0 Å². The summed E-state index contributed by atoms with van der Waals surface area (Å²) in [6.45, 7) is 0.0302. The third kappa shape index (κ3) is 3.43. The molecule has 0 saturated carbocycles. The number of rotatable bonds is 4. The van der Waals surface area contributed by atoms with Gasteiger partial charge in [-0.15, -0.1) is 0 Å². The van der Waals surface area contributed by atoms with Gasteiger partial charge in [0.2, 0.25) is 0 Å². The van der Waals surface area contributed by atoms with Gasteiger partial charge in [-0.2, -0.15) is 0 Å². The van der Waals surface area contributed by atoms with E-state index in [-0.39, 0.29) is 22.9 Å². The maximum atomic E-state index is 13.6. The Balaban J connectivity index is 2.13. The average molecular weight is 314 g/mol. The topological polar surface area (TPSA) is 35.2 Å². The molecule has 2 nitrogen and oxygen atoms in total. The highest BCUT2D eigenvalue weighted by Crippen LogP contribution is 2.21. The highest BCUT2D eigenvalue weighted by Gasteiger charge is 2.08. The Hall–Kier alpha value is -1.72. The van der Waals surface area contributed by atoms with Crippen molar-refractivity contribution in [3.8, 4) is 5.75 Å². The lowest BCUT2D eigenvalue weighted by Gasteiger charge is -2.09. The van der Waals surface area contributed by atoms with Crippen molar-refractivity contribution in [1.29, 1.82) is 0 Å². The Labute approximate surface area is 125 Å². The molecule has 20 heavy (non-hydrogen) atoms. The Morgan fingerprint density at radius 2 is 1.95 bits per heavy atom. The van der Waals surface area contributed by atoms with Crippen molar-refractivity contribution in [1.82, 2.24) is 0 Å². The molecule has 0 fully saturated rings. The second-order valence-corrected chi connectivity index (χ2v) is 4.88. The minimum absolute atomic E-state index is 0.0257. The SMILES string of the molecule is NC(=S)c1ccc(OCc2cc(F)ccc2Cl)cc1F. The zero-order valence-corrected chi connectivity index (χ0v) is 11.8. The first-order valence-electron chi connectivity index (χ1n) is 5.63. The molecule has 0 aliphatic rings. The smallest absolute Gasteiger partial charge is 0.137 e. The van der Waals surface area contributed by atoms with Crippen LogP contribution < -0.4 is 10.5 Å². The predicted molar refractivity (Wildman–Crippen MR) is 78.0 cm³/mol. The van der Waals surface area contributed by atoms with Gasteiger partial charge in [0.1, 0.15) is 29.0 Å². The van der Waals surface area contributed by atoms with E-state index < -0.39 is 11.6 Å². The summed E-state index contributed by atoms with van der Waals surface area (Å²) in [5.74, 6) is -0.703. The van der Waals surface area contributed by atoms with Crippen LogP contribution >= 0.6 is 23.8 Å². The van der Waals surface area contributed by atoms with Gasteiger partial charge in [-0.05, 0) is 30.3 Å². The molecule has 0 spiro atoms. The highest BCUT2D eigenvalue weighted by molar-refractivity contribution is 7.80. The van der Waals surface area contributed by atoms with E-state index in [9.17, 15) is 8.78 Å². The second-order valence-electron chi connectivity index (χ2n) is 4.03. The molecule has 104 valence electrons. The van der Waals surface area contributed by atoms with Gasteiger partial charge in [0, 0.05) is 22.2 Å². The summed E-state index contributed by atoms with van der Waals surface area (Å²) >= 11 is 10.6. The Kier molecular flexibility index (Phi) is 4.52. The van der Waals surface area contributed by atoms with Crippen molar-refractivity contribution in [3.05, 3.63) is 64.2 Å². The van der Waals surface area contributed by atoms with Gasteiger partial charge in [-0.25, -0.2) is 8.78 Å². The Morgan fingerprint density at radius 1 is 1.20 bits per heavy atom. The van der Waals surface area contributed by atoms with E-state index in [2.05, 4.69) is 0 Å². The molecule has 0 aliphatic heterocycles. The fourth-order valence-electron chi connectivity index (χ4n) is 1.60. The van der Waals surface area contributed by atoms with Crippen molar-refractivity contribution in [2.24, 2.45) is 5.73 Å². The van der Waals surface area contributed by atoms with E-state index in [1.807, 2.05) is 0 Å². The number of hydrogen-bond donors (Lipinski definition) is 1. The summed E-state index contributed by atoms with van der Waals surface area (Å²) in [5.41, 5.74) is 5.98. The molecular formula is C14H10ClF2NOS. The fourth-order valence-corrected chi connectivity index (χ4v) is 1.94. The van der Waals surface area contributed by atoms with Crippen LogP contribution in [0.2, 0.25) is 5.02 Å². The largest absolute Gasteiger partial charge is 0.489 e. The molecule has 0 heterocycles. The molecule has 0 bridgehead atoms. The molecule has 0 aromatic heterocycles. The van der Waals surface area contributed by atoms with Gasteiger partial charge in [0.15, 0.2) is 0 Å². The van der Waals surface area contributed by atoms with Crippen molar-refractivity contribution in [3.63, 3.8) is 0 Å². The lowest BCUT2D eigenvalue weighted by molar-refractivity contribution is 0.304. The van der Waals surface area contributed by atoms with Crippen LogP contribution in [0.3, 0.4) is 0 Å². The van der Waals surface area contributed by atoms with Crippen molar-refractivity contribution in [2.75, 3.05) is 0 Å². The van der Waals surface area contributed by atoms with Crippen molar-refractivity contribution < 1.29 is 13.5 Å². The Bertz CT molecular complexity index is 664. The monoisotopic (exact) mass is 313 g/mol. The summed E-state index contributed by atoms with van der Waals surface area (Å²) < 4.78 is 32.1. The van der Waals surface area contributed by atoms with E-state index in [0.29, 0.717) is 10.6 Å². The number of benzene rings is 2. The molecule has 2 aromatic carbocycles. The van der Waals surface area contributed by atoms with Gasteiger partial charge in [-0.3, -0.25) is 0 Å². The molecule has 0 aliphatic carbocycles. The van der Waals surface area contributed by atoms with Gasteiger partial charge in [0.25, 0.3) is 0 Å². The minimum Gasteiger partial charge on any atom is -0.489 e. The number of ether oxygens (including phenoxy) is 1. The van der Waals surface area contributed by atoms with Crippen LogP contribution in [0.5, 0.6) is 5.75 Å². The third-order valence-electron chi connectivity index (χ3n) is 2.61. The maximum Gasteiger partial charge on any atom is 0.137 e. The molecule has 2 rings (SSSR count). The molecule has 0 amide bonds.